The monoisotopic (exact) mass is 420 g/mol. The lowest BCUT2D eigenvalue weighted by Gasteiger charge is -2.36. The van der Waals surface area contributed by atoms with Crippen LogP contribution >= 0.6 is 0 Å². The summed E-state index contributed by atoms with van der Waals surface area (Å²) in [6, 6.07) is 11.8. The summed E-state index contributed by atoms with van der Waals surface area (Å²) in [6.07, 6.45) is 5.33. The van der Waals surface area contributed by atoms with Gasteiger partial charge in [-0.25, -0.2) is 4.79 Å². The zero-order valence-corrected chi connectivity index (χ0v) is 17.9. The highest BCUT2D eigenvalue weighted by atomic mass is 16.2. The summed E-state index contributed by atoms with van der Waals surface area (Å²) in [5.41, 5.74) is 2.58. The van der Waals surface area contributed by atoms with Crippen LogP contribution in [0.5, 0.6) is 0 Å². The van der Waals surface area contributed by atoms with Gasteiger partial charge in [-0.3, -0.25) is 9.78 Å². The van der Waals surface area contributed by atoms with Gasteiger partial charge in [0.1, 0.15) is 5.82 Å². The van der Waals surface area contributed by atoms with E-state index in [1.54, 1.807) is 12.4 Å². The van der Waals surface area contributed by atoms with E-state index in [-0.39, 0.29) is 18.0 Å². The fraction of sp³-hybridized carbons (Fsp3) is 0.348. The highest BCUT2D eigenvalue weighted by molar-refractivity contribution is 5.94. The van der Waals surface area contributed by atoms with Crippen molar-refractivity contribution in [3.63, 3.8) is 0 Å². The minimum atomic E-state index is -0.124. The molecule has 31 heavy (non-hydrogen) atoms. The van der Waals surface area contributed by atoms with Crippen molar-refractivity contribution in [1.29, 1.82) is 0 Å². The Kier molecular flexibility index (Phi) is 6.06. The van der Waals surface area contributed by atoms with Crippen molar-refractivity contribution in [2.45, 2.75) is 26.4 Å². The van der Waals surface area contributed by atoms with Crippen molar-refractivity contribution < 1.29 is 9.59 Å². The van der Waals surface area contributed by atoms with Crippen molar-refractivity contribution in [3.8, 4) is 0 Å². The van der Waals surface area contributed by atoms with Gasteiger partial charge >= 0.3 is 6.03 Å². The van der Waals surface area contributed by atoms with Crippen LogP contribution in [-0.2, 0) is 6.54 Å². The standard InChI is InChI=1S/C23H28N6O2/c1-17(2)26-23(31)28-12-10-27(11-13-28)21-8-7-20-6-5-19(16-29(20)21)22(30)25-15-18-4-3-9-24-14-18/h3-9,14,16-17H,10-13,15H2,1-2H3,(H,25,30)(H,26,31). The smallest absolute Gasteiger partial charge is 0.317 e. The second-order valence-electron chi connectivity index (χ2n) is 8.03. The average Bonchev–Trinajstić information content (AvgIpc) is 3.21. The summed E-state index contributed by atoms with van der Waals surface area (Å²) in [5.74, 6) is 0.904. The number of urea groups is 1. The summed E-state index contributed by atoms with van der Waals surface area (Å²) in [7, 11) is 0. The Morgan fingerprint density at radius 3 is 2.55 bits per heavy atom. The number of aromatic nitrogens is 2. The summed E-state index contributed by atoms with van der Waals surface area (Å²) in [6.45, 7) is 7.18. The molecule has 1 saturated heterocycles. The Hall–Kier alpha value is -3.55. The number of pyridine rings is 2. The van der Waals surface area contributed by atoms with Crippen LogP contribution in [0.2, 0.25) is 0 Å². The van der Waals surface area contributed by atoms with Gasteiger partial charge < -0.3 is 24.8 Å². The van der Waals surface area contributed by atoms with Crippen LogP contribution in [0.25, 0.3) is 5.52 Å². The number of rotatable bonds is 5. The molecule has 162 valence electrons. The lowest BCUT2D eigenvalue weighted by Crippen LogP contribution is -2.53. The van der Waals surface area contributed by atoms with E-state index in [4.69, 9.17) is 0 Å². The minimum Gasteiger partial charge on any atom is -0.354 e. The molecule has 4 heterocycles. The molecule has 1 aliphatic heterocycles. The Balaban J connectivity index is 1.44. The molecule has 3 aromatic rings. The van der Waals surface area contributed by atoms with Crippen LogP contribution < -0.4 is 15.5 Å². The highest BCUT2D eigenvalue weighted by Gasteiger charge is 2.23. The molecule has 0 atom stereocenters. The Bertz CT molecular complexity index is 1050. The number of hydrogen-bond acceptors (Lipinski definition) is 4. The van der Waals surface area contributed by atoms with Crippen LogP contribution in [0, 0.1) is 0 Å². The normalized spacial score (nSPS) is 14.2. The van der Waals surface area contributed by atoms with Crippen LogP contribution in [0.15, 0.2) is 55.0 Å². The minimum absolute atomic E-state index is 0.0118. The topological polar surface area (TPSA) is 82.0 Å². The zero-order valence-electron chi connectivity index (χ0n) is 17.9. The first-order valence-electron chi connectivity index (χ1n) is 10.6. The molecule has 1 fully saturated rings. The first-order valence-corrected chi connectivity index (χ1v) is 10.6. The predicted molar refractivity (Wildman–Crippen MR) is 120 cm³/mol. The van der Waals surface area contributed by atoms with E-state index in [2.05, 4.69) is 26.6 Å². The first kappa shape index (κ1) is 20.7. The number of fused-ring (bicyclic) bond motifs is 1. The molecular weight excluding hydrogens is 392 g/mol. The van der Waals surface area contributed by atoms with Crippen molar-refractivity contribution in [3.05, 3.63) is 66.1 Å². The van der Waals surface area contributed by atoms with Gasteiger partial charge in [-0.15, -0.1) is 0 Å². The first-order chi connectivity index (χ1) is 15.0. The van der Waals surface area contributed by atoms with Crippen LogP contribution in [0.3, 0.4) is 0 Å². The molecule has 0 bridgehead atoms. The molecule has 1 aliphatic rings. The summed E-state index contributed by atoms with van der Waals surface area (Å²) in [5, 5.41) is 5.90. The number of nitrogens with one attached hydrogen (secondary N) is 2. The molecule has 0 aliphatic carbocycles. The van der Waals surface area contributed by atoms with Gasteiger partial charge in [-0.2, -0.15) is 0 Å². The molecular formula is C23H28N6O2. The molecule has 0 radical (unpaired) electrons. The lowest BCUT2D eigenvalue weighted by atomic mass is 10.2. The maximum absolute atomic E-state index is 12.7. The van der Waals surface area contributed by atoms with Gasteiger partial charge in [0.2, 0.25) is 0 Å². The molecule has 2 N–H and O–H groups in total. The molecule has 3 aromatic heterocycles. The van der Waals surface area contributed by atoms with Crippen molar-refractivity contribution in [2.75, 3.05) is 31.1 Å². The molecule has 0 unspecified atom stereocenters. The molecule has 3 amide bonds. The van der Waals surface area contributed by atoms with Crippen LogP contribution in [-0.4, -0.2) is 58.4 Å². The second kappa shape index (κ2) is 9.07. The highest BCUT2D eigenvalue weighted by Crippen LogP contribution is 2.22. The average molecular weight is 421 g/mol. The number of hydrogen-bond donors (Lipinski definition) is 2. The fourth-order valence-corrected chi connectivity index (χ4v) is 3.74. The Labute approximate surface area is 181 Å². The SMILES string of the molecule is CC(C)NC(=O)N1CCN(c2ccc3ccc(C(=O)NCc4cccnc4)cn23)CC1. The molecule has 8 nitrogen and oxygen atoms in total. The van der Waals surface area contributed by atoms with E-state index in [1.165, 1.54) is 0 Å². The second-order valence-corrected chi connectivity index (χ2v) is 8.03. The van der Waals surface area contributed by atoms with Gasteiger partial charge in [-0.05, 0) is 49.7 Å². The third-order valence-corrected chi connectivity index (χ3v) is 5.37. The van der Waals surface area contributed by atoms with Crippen molar-refractivity contribution >= 4 is 23.3 Å². The van der Waals surface area contributed by atoms with E-state index < -0.39 is 0 Å². The lowest BCUT2D eigenvalue weighted by molar-refractivity contribution is 0.0950. The molecule has 0 spiro atoms. The quantitative estimate of drug-likeness (QED) is 0.665. The Morgan fingerprint density at radius 2 is 1.84 bits per heavy atom. The number of anilines is 1. The number of amides is 3. The molecule has 0 aromatic carbocycles. The van der Waals surface area contributed by atoms with Crippen LogP contribution in [0.4, 0.5) is 10.6 Å². The van der Waals surface area contributed by atoms with Gasteiger partial charge in [-0.1, -0.05) is 6.07 Å². The molecule has 8 heteroatoms. The predicted octanol–water partition coefficient (Wildman–Crippen LogP) is 2.50. The fourth-order valence-electron chi connectivity index (χ4n) is 3.74. The number of carbonyl (C=O) groups excluding carboxylic acids is 2. The van der Waals surface area contributed by atoms with E-state index in [0.29, 0.717) is 25.2 Å². The summed E-state index contributed by atoms with van der Waals surface area (Å²) in [4.78, 5) is 33.1. The number of piperazine rings is 1. The number of carbonyl (C=O) groups is 2. The molecule has 0 saturated carbocycles. The molecule has 4 rings (SSSR count). The van der Waals surface area contributed by atoms with Gasteiger partial charge in [0.25, 0.3) is 5.91 Å². The van der Waals surface area contributed by atoms with E-state index >= 15 is 0 Å². The number of nitrogens with zero attached hydrogens (tertiary/aromatic N) is 4. The third-order valence-electron chi connectivity index (χ3n) is 5.37. The van der Waals surface area contributed by atoms with Crippen molar-refractivity contribution in [1.82, 2.24) is 24.9 Å². The zero-order chi connectivity index (χ0) is 21.8. The summed E-state index contributed by atoms with van der Waals surface area (Å²) < 4.78 is 2.04. The van der Waals surface area contributed by atoms with Crippen LogP contribution in [0.1, 0.15) is 29.8 Å². The van der Waals surface area contributed by atoms with E-state index in [9.17, 15) is 9.59 Å². The van der Waals surface area contributed by atoms with Gasteiger partial charge in [0.15, 0.2) is 0 Å². The third kappa shape index (κ3) is 4.79. The van der Waals surface area contributed by atoms with Gasteiger partial charge in [0.05, 0.1) is 5.56 Å². The van der Waals surface area contributed by atoms with E-state index in [1.807, 2.05) is 59.7 Å². The Morgan fingerprint density at radius 1 is 1.06 bits per heavy atom. The maximum atomic E-state index is 12.7. The summed E-state index contributed by atoms with van der Waals surface area (Å²) >= 11 is 0. The largest absolute Gasteiger partial charge is 0.354 e. The van der Waals surface area contributed by atoms with E-state index in [0.717, 1.165) is 30.0 Å². The van der Waals surface area contributed by atoms with Gasteiger partial charge in [0, 0.05) is 62.9 Å². The van der Waals surface area contributed by atoms with Crippen molar-refractivity contribution in [2.24, 2.45) is 0 Å². The maximum Gasteiger partial charge on any atom is 0.317 e.